The monoisotopic (exact) mass is 166 g/mol. The van der Waals surface area contributed by atoms with Gasteiger partial charge in [-0.05, 0) is 36.5 Å². The Morgan fingerprint density at radius 2 is 1.58 bits per heavy atom. The summed E-state index contributed by atoms with van der Waals surface area (Å²) in [6.07, 6.45) is 9.15. The number of fused-ring (bicyclic) bond motifs is 1. The van der Waals surface area contributed by atoms with Gasteiger partial charge in [0, 0.05) is 0 Å². The van der Waals surface area contributed by atoms with Crippen LogP contribution in [0.25, 0.3) is 0 Å². The summed E-state index contributed by atoms with van der Waals surface area (Å²) in [6.45, 7) is 4.95. The van der Waals surface area contributed by atoms with Crippen molar-refractivity contribution < 1.29 is 0 Å². The van der Waals surface area contributed by atoms with Crippen LogP contribution in [0.15, 0.2) is 0 Å². The Labute approximate surface area is 76.7 Å². The SMILES string of the molecule is C[C@@H]1CC[C@H]2CCCCC2[C@@H]1C. The van der Waals surface area contributed by atoms with Crippen LogP contribution in [0.3, 0.4) is 0 Å². The zero-order chi connectivity index (χ0) is 8.55. The number of rotatable bonds is 0. The van der Waals surface area contributed by atoms with Crippen molar-refractivity contribution in [2.24, 2.45) is 23.7 Å². The third kappa shape index (κ3) is 1.41. The quantitative estimate of drug-likeness (QED) is 0.512. The Balaban J connectivity index is 2.03. The molecule has 0 saturated heterocycles. The second kappa shape index (κ2) is 3.40. The molecule has 0 heterocycles. The van der Waals surface area contributed by atoms with E-state index in [1.165, 1.54) is 32.1 Å². The van der Waals surface area contributed by atoms with Crippen molar-refractivity contribution in [2.45, 2.75) is 52.4 Å². The van der Waals surface area contributed by atoms with Gasteiger partial charge in [0.15, 0.2) is 0 Å². The highest BCUT2D eigenvalue weighted by molar-refractivity contribution is 4.85. The van der Waals surface area contributed by atoms with Gasteiger partial charge in [0.1, 0.15) is 0 Å². The Morgan fingerprint density at radius 1 is 0.833 bits per heavy atom. The Kier molecular flexibility index (Phi) is 2.43. The van der Waals surface area contributed by atoms with Gasteiger partial charge in [0.25, 0.3) is 0 Å². The van der Waals surface area contributed by atoms with Crippen molar-refractivity contribution in [2.75, 3.05) is 0 Å². The van der Waals surface area contributed by atoms with Crippen molar-refractivity contribution in [1.82, 2.24) is 0 Å². The van der Waals surface area contributed by atoms with Crippen LogP contribution in [0.1, 0.15) is 52.4 Å². The summed E-state index contributed by atoms with van der Waals surface area (Å²) in [5.74, 6) is 4.24. The van der Waals surface area contributed by atoms with Gasteiger partial charge in [-0.15, -0.1) is 0 Å². The minimum Gasteiger partial charge on any atom is -0.0622 e. The third-order valence-electron chi connectivity index (χ3n) is 4.53. The van der Waals surface area contributed by atoms with Gasteiger partial charge in [-0.2, -0.15) is 0 Å². The van der Waals surface area contributed by atoms with Crippen molar-refractivity contribution in [1.29, 1.82) is 0 Å². The highest BCUT2D eigenvalue weighted by atomic mass is 14.4. The molecule has 0 spiro atoms. The maximum absolute atomic E-state index is 2.49. The second-order valence-corrected chi connectivity index (χ2v) is 5.12. The van der Waals surface area contributed by atoms with Gasteiger partial charge in [0.05, 0.1) is 0 Å². The van der Waals surface area contributed by atoms with E-state index in [0.717, 1.165) is 23.7 Å². The summed E-state index contributed by atoms with van der Waals surface area (Å²) in [5.41, 5.74) is 0. The summed E-state index contributed by atoms with van der Waals surface area (Å²) >= 11 is 0. The minimum absolute atomic E-state index is 1.00. The van der Waals surface area contributed by atoms with Crippen molar-refractivity contribution in [3.8, 4) is 0 Å². The molecule has 0 aromatic carbocycles. The molecular formula is C12H22. The Morgan fingerprint density at radius 3 is 2.42 bits per heavy atom. The van der Waals surface area contributed by atoms with E-state index in [-0.39, 0.29) is 0 Å². The molecule has 1 unspecified atom stereocenters. The largest absolute Gasteiger partial charge is 0.0622 e. The normalized spacial score (nSPS) is 48.5. The molecule has 2 rings (SSSR count). The van der Waals surface area contributed by atoms with Crippen LogP contribution in [-0.2, 0) is 0 Å². The van der Waals surface area contributed by atoms with E-state index in [1.807, 2.05) is 0 Å². The van der Waals surface area contributed by atoms with E-state index in [9.17, 15) is 0 Å². The van der Waals surface area contributed by atoms with Gasteiger partial charge in [-0.1, -0.05) is 39.5 Å². The molecule has 2 aliphatic carbocycles. The lowest BCUT2D eigenvalue weighted by molar-refractivity contribution is 0.0734. The molecule has 0 radical (unpaired) electrons. The van der Waals surface area contributed by atoms with E-state index >= 15 is 0 Å². The van der Waals surface area contributed by atoms with Gasteiger partial charge < -0.3 is 0 Å². The summed E-state index contributed by atoms with van der Waals surface area (Å²) < 4.78 is 0. The van der Waals surface area contributed by atoms with Crippen LogP contribution in [0, 0.1) is 23.7 Å². The van der Waals surface area contributed by atoms with Crippen molar-refractivity contribution >= 4 is 0 Å². The Hall–Kier alpha value is 0. The standard InChI is InChI=1S/C12H22/c1-9-7-8-11-5-3-4-6-12(11)10(9)2/h9-12H,3-8H2,1-2H3/t9-,10-,11-,12?/m1/s1. The summed E-state index contributed by atoms with van der Waals surface area (Å²) in [4.78, 5) is 0. The molecule has 2 fully saturated rings. The predicted molar refractivity (Wildman–Crippen MR) is 53.0 cm³/mol. The molecule has 12 heavy (non-hydrogen) atoms. The number of hydrogen-bond acceptors (Lipinski definition) is 0. The van der Waals surface area contributed by atoms with Crippen LogP contribution in [0.5, 0.6) is 0 Å². The topological polar surface area (TPSA) is 0 Å². The molecule has 0 aromatic rings. The maximum atomic E-state index is 2.49. The summed E-state index contributed by atoms with van der Waals surface area (Å²) in [7, 11) is 0. The first-order chi connectivity index (χ1) is 5.79. The second-order valence-electron chi connectivity index (χ2n) is 5.12. The Bertz CT molecular complexity index is 148. The molecule has 0 aliphatic heterocycles. The predicted octanol–water partition coefficient (Wildman–Crippen LogP) is 3.86. The molecule has 0 bridgehead atoms. The molecule has 0 heteroatoms. The molecule has 2 saturated carbocycles. The lowest BCUT2D eigenvalue weighted by Gasteiger charge is -2.43. The molecular weight excluding hydrogens is 144 g/mol. The molecule has 0 N–H and O–H groups in total. The zero-order valence-corrected chi connectivity index (χ0v) is 8.55. The third-order valence-corrected chi connectivity index (χ3v) is 4.53. The lowest BCUT2D eigenvalue weighted by atomic mass is 9.63. The zero-order valence-electron chi connectivity index (χ0n) is 8.55. The maximum Gasteiger partial charge on any atom is -0.0358 e. The van der Waals surface area contributed by atoms with Gasteiger partial charge in [-0.25, -0.2) is 0 Å². The smallest absolute Gasteiger partial charge is 0.0358 e. The molecule has 2 aliphatic rings. The fourth-order valence-corrected chi connectivity index (χ4v) is 3.45. The van der Waals surface area contributed by atoms with E-state index in [0.29, 0.717) is 0 Å². The van der Waals surface area contributed by atoms with E-state index in [1.54, 1.807) is 6.42 Å². The van der Waals surface area contributed by atoms with Crippen LogP contribution in [0.4, 0.5) is 0 Å². The van der Waals surface area contributed by atoms with E-state index in [4.69, 9.17) is 0 Å². The van der Waals surface area contributed by atoms with Crippen molar-refractivity contribution in [3.05, 3.63) is 0 Å². The van der Waals surface area contributed by atoms with Crippen LogP contribution < -0.4 is 0 Å². The number of hydrogen-bond donors (Lipinski definition) is 0. The van der Waals surface area contributed by atoms with Gasteiger partial charge in [0.2, 0.25) is 0 Å². The van der Waals surface area contributed by atoms with Crippen LogP contribution in [-0.4, -0.2) is 0 Å². The van der Waals surface area contributed by atoms with Gasteiger partial charge >= 0.3 is 0 Å². The lowest BCUT2D eigenvalue weighted by Crippen LogP contribution is -2.33. The highest BCUT2D eigenvalue weighted by Gasteiger charge is 2.35. The molecule has 0 aromatic heterocycles. The highest BCUT2D eigenvalue weighted by Crippen LogP contribution is 2.45. The molecule has 0 amide bonds. The summed E-state index contributed by atoms with van der Waals surface area (Å²) in [5, 5.41) is 0. The first-order valence-electron chi connectivity index (χ1n) is 5.79. The molecule has 0 nitrogen and oxygen atoms in total. The fourth-order valence-electron chi connectivity index (χ4n) is 3.45. The van der Waals surface area contributed by atoms with Crippen molar-refractivity contribution in [3.63, 3.8) is 0 Å². The van der Waals surface area contributed by atoms with E-state index in [2.05, 4.69) is 13.8 Å². The molecule has 4 atom stereocenters. The average molecular weight is 166 g/mol. The van der Waals surface area contributed by atoms with Crippen LogP contribution >= 0.6 is 0 Å². The summed E-state index contributed by atoms with van der Waals surface area (Å²) in [6, 6.07) is 0. The van der Waals surface area contributed by atoms with Crippen LogP contribution in [0.2, 0.25) is 0 Å². The van der Waals surface area contributed by atoms with E-state index < -0.39 is 0 Å². The molecule has 70 valence electrons. The fraction of sp³-hybridized carbons (Fsp3) is 1.00. The first-order valence-corrected chi connectivity index (χ1v) is 5.79. The first kappa shape index (κ1) is 8.59. The minimum atomic E-state index is 1.00. The van der Waals surface area contributed by atoms with Gasteiger partial charge in [-0.3, -0.25) is 0 Å². The average Bonchev–Trinajstić information content (AvgIpc) is 2.12.